The number of piperazine rings is 1. The summed E-state index contributed by atoms with van der Waals surface area (Å²) in [7, 11) is 0. The van der Waals surface area contributed by atoms with Gasteiger partial charge >= 0.3 is 0 Å². The largest absolute Gasteiger partial charge is 0.368 e. The fraction of sp³-hybridized carbons (Fsp3) is 0.485. The van der Waals surface area contributed by atoms with Gasteiger partial charge in [0.05, 0.1) is 0 Å². The van der Waals surface area contributed by atoms with E-state index in [2.05, 4.69) is 99.0 Å². The summed E-state index contributed by atoms with van der Waals surface area (Å²) < 4.78 is 0. The number of thiocarbonyl (C=S) groups is 1. The first-order valence-corrected chi connectivity index (χ1v) is 15.8. The SMILES string of the molecule is CC1CCCCN1c1cc(N2CCN(c3ccccc3)CC2)nc(NC(=S)NCC2(c3ccccc3)CCCC2)n1. The molecule has 1 atom stereocenters. The average molecular weight is 570 g/mol. The number of aromatic nitrogens is 2. The molecule has 216 valence electrons. The van der Waals surface area contributed by atoms with Gasteiger partial charge in [-0.25, -0.2) is 0 Å². The standard InChI is InChI=1S/C33H43N7S/c1-26-12-8-11-19-40(26)30-24-29(39-22-20-38(21-23-39)28-15-6-3-7-16-28)35-31(36-30)37-32(41)34-25-33(17-9-10-18-33)27-13-4-2-5-14-27/h2-7,13-16,24,26H,8-12,17-23,25H2,1H3,(H2,34,35,36,37,41). The van der Waals surface area contributed by atoms with Crippen molar-refractivity contribution in [2.45, 2.75) is 63.3 Å². The van der Waals surface area contributed by atoms with Gasteiger partial charge in [-0.05, 0) is 68.9 Å². The molecule has 0 amide bonds. The van der Waals surface area contributed by atoms with Gasteiger partial charge in [0.15, 0.2) is 5.11 Å². The lowest BCUT2D eigenvalue weighted by Gasteiger charge is -2.38. The van der Waals surface area contributed by atoms with Crippen molar-refractivity contribution in [1.82, 2.24) is 15.3 Å². The highest BCUT2D eigenvalue weighted by Gasteiger charge is 2.35. The van der Waals surface area contributed by atoms with Crippen molar-refractivity contribution in [1.29, 1.82) is 0 Å². The van der Waals surface area contributed by atoms with Crippen LogP contribution in [0.2, 0.25) is 0 Å². The molecule has 3 aliphatic rings. The lowest BCUT2D eigenvalue weighted by Crippen LogP contribution is -2.47. The summed E-state index contributed by atoms with van der Waals surface area (Å²) in [6, 6.07) is 24.3. The average Bonchev–Trinajstić information content (AvgIpc) is 3.51. The Kier molecular flexibility index (Phi) is 8.56. The van der Waals surface area contributed by atoms with E-state index in [9.17, 15) is 0 Å². The Labute approximate surface area is 250 Å². The van der Waals surface area contributed by atoms with Crippen molar-refractivity contribution in [2.75, 3.05) is 59.3 Å². The van der Waals surface area contributed by atoms with E-state index in [-0.39, 0.29) is 5.41 Å². The zero-order chi connectivity index (χ0) is 28.1. The third-order valence-corrected chi connectivity index (χ3v) is 9.53. The highest BCUT2D eigenvalue weighted by molar-refractivity contribution is 7.80. The van der Waals surface area contributed by atoms with Crippen LogP contribution in [0.4, 0.5) is 23.3 Å². The number of rotatable bonds is 7. The first-order chi connectivity index (χ1) is 20.1. The maximum Gasteiger partial charge on any atom is 0.232 e. The molecule has 3 fully saturated rings. The molecule has 1 unspecified atom stereocenters. The highest BCUT2D eigenvalue weighted by atomic mass is 32.1. The molecule has 7 nitrogen and oxygen atoms in total. The van der Waals surface area contributed by atoms with E-state index in [1.807, 2.05) is 0 Å². The van der Waals surface area contributed by atoms with Gasteiger partial charge in [-0.15, -0.1) is 0 Å². The monoisotopic (exact) mass is 569 g/mol. The highest BCUT2D eigenvalue weighted by Crippen LogP contribution is 2.40. The molecular formula is C33H43N7S. The zero-order valence-corrected chi connectivity index (χ0v) is 25.1. The van der Waals surface area contributed by atoms with Crippen molar-refractivity contribution in [3.05, 3.63) is 72.3 Å². The molecular weight excluding hydrogens is 526 g/mol. The van der Waals surface area contributed by atoms with Crippen LogP contribution in [0.1, 0.15) is 57.4 Å². The Balaban J connectivity index is 1.18. The first-order valence-electron chi connectivity index (χ1n) is 15.4. The normalized spacial score (nSPS) is 20.6. The maximum absolute atomic E-state index is 5.83. The Morgan fingerprint density at radius 2 is 1.49 bits per heavy atom. The number of hydrogen-bond donors (Lipinski definition) is 2. The molecule has 1 aromatic heterocycles. The van der Waals surface area contributed by atoms with Crippen molar-refractivity contribution in [3.63, 3.8) is 0 Å². The first kappa shape index (κ1) is 27.8. The summed E-state index contributed by atoms with van der Waals surface area (Å²) in [5.74, 6) is 2.55. The lowest BCUT2D eigenvalue weighted by atomic mass is 9.79. The van der Waals surface area contributed by atoms with Crippen LogP contribution in [0, 0.1) is 0 Å². The Hall–Kier alpha value is -3.39. The summed E-state index contributed by atoms with van der Waals surface area (Å²) in [5.41, 5.74) is 2.82. The molecule has 8 heteroatoms. The smallest absolute Gasteiger partial charge is 0.232 e. The third-order valence-electron chi connectivity index (χ3n) is 9.28. The quantitative estimate of drug-likeness (QED) is 0.337. The fourth-order valence-corrected chi connectivity index (χ4v) is 7.03. The van der Waals surface area contributed by atoms with Crippen LogP contribution in [0.5, 0.6) is 0 Å². The topological polar surface area (TPSA) is 59.6 Å². The number of benzene rings is 2. The minimum absolute atomic E-state index is 0.128. The number of para-hydroxylation sites is 1. The second-order valence-electron chi connectivity index (χ2n) is 11.9. The summed E-state index contributed by atoms with van der Waals surface area (Å²) in [5, 5.41) is 7.52. The van der Waals surface area contributed by atoms with Gasteiger partial charge in [-0.3, -0.25) is 0 Å². The van der Waals surface area contributed by atoms with Crippen LogP contribution in [0.3, 0.4) is 0 Å². The number of anilines is 4. The van der Waals surface area contributed by atoms with Gasteiger partial charge in [-0.2, -0.15) is 9.97 Å². The summed E-state index contributed by atoms with van der Waals surface area (Å²) in [4.78, 5) is 17.3. The minimum atomic E-state index is 0.128. The second-order valence-corrected chi connectivity index (χ2v) is 12.3. The maximum atomic E-state index is 5.83. The van der Waals surface area contributed by atoms with Crippen molar-refractivity contribution in [3.8, 4) is 0 Å². The van der Waals surface area contributed by atoms with Crippen molar-refractivity contribution in [2.24, 2.45) is 0 Å². The van der Waals surface area contributed by atoms with Gasteiger partial charge < -0.3 is 25.3 Å². The van der Waals surface area contributed by atoms with E-state index in [0.29, 0.717) is 17.1 Å². The van der Waals surface area contributed by atoms with Crippen LogP contribution in [-0.2, 0) is 5.41 Å². The molecule has 3 heterocycles. The fourth-order valence-electron chi connectivity index (χ4n) is 6.86. The number of piperidine rings is 1. The van der Waals surface area contributed by atoms with Crippen LogP contribution in [0.15, 0.2) is 66.7 Å². The van der Waals surface area contributed by atoms with E-state index >= 15 is 0 Å². The van der Waals surface area contributed by atoms with Crippen LogP contribution in [0.25, 0.3) is 0 Å². The second kappa shape index (κ2) is 12.6. The molecule has 1 aliphatic carbocycles. The molecule has 3 aromatic rings. The zero-order valence-electron chi connectivity index (χ0n) is 24.3. The van der Waals surface area contributed by atoms with E-state index in [4.69, 9.17) is 22.2 Å². The molecule has 0 spiro atoms. The number of nitrogens with zero attached hydrogens (tertiary/aromatic N) is 5. The summed E-state index contributed by atoms with van der Waals surface area (Å²) in [6.45, 7) is 7.93. The van der Waals surface area contributed by atoms with Gasteiger partial charge in [0.2, 0.25) is 5.95 Å². The molecule has 2 saturated heterocycles. The number of hydrogen-bond acceptors (Lipinski definition) is 6. The number of nitrogens with one attached hydrogen (secondary N) is 2. The molecule has 41 heavy (non-hydrogen) atoms. The molecule has 0 bridgehead atoms. The van der Waals surface area contributed by atoms with Gasteiger partial charge in [0, 0.05) is 62.5 Å². The van der Waals surface area contributed by atoms with Crippen molar-refractivity contribution >= 4 is 40.6 Å². The van der Waals surface area contributed by atoms with Gasteiger partial charge in [-0.1, -0.05) is 61.4 Å². The predicted molar refractivity (Wildman–Crippen MR) is 174 cm³/mol. The third kappa shape index (κ3) is 6.43. The van der Waals surface area contributed by atoms with Crippen LogP contribution in [-0.4, -0.2) is 60.4 Å². The van der Waals surface area contributed by atoms with E-state index < -0.39 is 0 Å². The Morgan fingerprint density at radius 3 is 2.20 bits per heavy atom. The van der Waals surface area contributed by atoms with Gasteiger partial charge in [0.25, 0.3) is 0 Å². The van der Waals surface area contributed by atoms with Crippen LogP contribution < -0.4 is 25.3 Å². The van der Waals surface area contributed by atoms with E-state index in [0.717, 1.165) is 50.9 Å². The van der Waals surface area contributed by atoms with E-state index in [1.54, 1.807) is 0 Å². The summed E-state index contributed by atoms with van der Waals surface area (Å²) in [6.07, 6.45) is 8.56. The molecule has 6 rings (SSSR count). The molecule has 2 aromatic carbocycles. The molecule has 0 radical (unpaired) electrons. The lowest BCUT2D eigenvalue weighted by molar-refractivity contribution is 0.435. The molecule has 2 N–H and O–H groups in total. The molecule has 1 saturated carbocycles. The predicted octanol–water partition coefficient (Wildman–Crippen LogP) is 5.98. The van der Waals surface area contributed by atoms with Gasteiger partial charge in [0.1, 0.15) is 11.6 Å². The Morgan fingerprint density at radius 1 is 0.829 bits per heavy atom. The molecule has 2 aliphatic heterocycles. The summed E-state index contributed by atoms with van der Waals surface area (Å²) >= 11 is 5.83. The van der Waals surface area contributed by atoms with Crippen molar-refractivity contribution < 1.29 is 0 Å². The van der Waals surface area contributed by atoms with Crippen LogP contribution >= 0.6 is 12.2 Å². The van der Waals surface area contributed by atoms with E-state index in [1.165, 1.54) is 56.2 Å². The minimum Gasteiger partial charge on any atom is -0.368 e. The Bertz CT molecular complexity index is 1290.